The summed E-state index contributed by atoms with van der Waals surface area (Å²) in [6.45, 7) is 0. The smallest absolute Gasteiger partial charge is 0.269 e. The predicted molar refractivity (Wildman–Crippen MR) is 110 cm³/mol. The van der Waals surface area contributed by atoms with Gasteiger partial charge in [-0.25, -0.2) is 0 Å². The van der Waals surface area contributed by atoms with Gasteiger partial charge >= 0.3 is 0 Å². The van der Waals surface area contributed by atoms with E-state index in [1.165, 1.54) is 12.1 Å². The Morgan fingerprint density at radius 1 is 1.00 bits per heavy atom. The lowest BCUT2D eigenvalue weighted by atomic mass is 10.0. The number of rotatable bonds is 8. The van der Waals surface area contributed by atoms with Crippen molar-refractivity contribution in [3.63, 3.8) is 0 Å². The van der Waals surface area contributed by atoms with Crippen LogP contribution in [0.1, 0.15) is 27.6 Å². The van der Waals surface area contributed by atoms with E-state index in [0.717, 1.165) is 10.5 Å². The van der Waals surface area contributed by atoms with Gasteiger partial charge in [-0.1, -0.05) is 30.3 Å². The largest absolute Gasteiger partial charge is 0.497 e. The molecule has 0 aliphatic rings. The molecule has 0 spiro atoms. The maximum atomic E-state index is 12.8. The second kappa shape index (κ2) is 9.19. The molecule has 0 aliphatic carbocycles. The van der Waals surface area contributed by atoms with Crippen molar-refractivity contribution in [2.75, 3.05) is 7.11 Å². The first-order valence-electron chi connectivity index (χ1n) is 8.70. The highest BCUT2D eigenvalue weighted by Gasteiger charge is 2.20. The van der Waals surface area contributed by atoms with Crippen molar-refractivity contribution in [1.29, 1.82) is 0 Å². The predicted octanol–water partition coefficient (Wildman–Crippen LogP) is 5.71. The summed E-state index contributed by atoms with van der Waals surface area (Å²) in [5.41, 5.74) is 1.52. The lowest BCUT2D eigenvalue weighted by Crippen LogP contribution is -2.06. The van der Waals surface area contributed by atoms with Crippen LogP contribution in [0.25, 0.3) is 0 Å². The summed E-state index contributed by atoms with van der Waals surface area (Å²) in [5, 5.41) is 10.8. The van der Waals surface area contributed by atoms with Crippen LogP contribution < -0.4 is 4.74 Å². The first-order valence-corrected chi connectivity index (χ1v) is 9.58. The van der Waals surface area contributed by atoms with E-state index in [2.05, 4.69) is 0 Å². The lowest BCUT2D eigenvalue weighted by Gasteiger charge is -2.17. The molecule has 0 saturated carbocycles. The standard InChI is InChI=1S/C22H19NO4S/c1-27-19-13-9-16(10-14-19)21(24)15-22(28-20-5-3-2-4-6-20)17-7-11-18(12-8-17)23(25)26/h2-14,22H,15H2,1H3. The van der Waals surface area contributed by atoms with E-state index in [1.807, 2.05) is 30.3 Å². The average Bonchev–Trinajstić information content (AvgIpc) is 2.74. The molecule has 28 heavy (non-hydrogen) atoms. The van der Waals surface area contributed by atoms with Crippen LogP contribution >= 0.6 is 11.8 Å². The quantitative estimate of drug-likeness (QED) is 0.212. The molecule has 142 valence electrons. The molecule has 0 saturated heterocycles. The fourth-order valence-electron chi connectivity index (χ4n) is 2.76. The Kier molecular flexibility index (Phi) is 6.45. The summed E-state index contributed by atoms with van der Waals surface area (Å²) in [4.78, 5) is 24.4. The van der Waals surface area contributed by atoms with Gasteiger partial charge in [-0.15, -0.1) is 11.8 Å². The Hall–Kier alpha value is -3.12. The first-order chi connectivity index (χ1) is 13.6. The van der Waals surface area contributed by atoms with Gasteiger partial charge in [0.1, 0.15) is 5.75 Å². The Morgan fingerprint density at radius 2 is 1.64 bits per heavy atom. The number of nitro groups is 1. The van der Waals surface area contributed by atoms with Gasteiger partial charge in [0.15, 0.2) is 5.78 Å². The van der Waals surface area contributed by atoms with Crippen LogP contribution in [0.15, 0.2) is 83.8 Å². The van der Waals surface area contributed by atoms with E-state index in [-0.39, 0.29) is 23.1 Å². The van der Waals surface area contributed by atoms with E-state index in [4.69, 9.17) is 4.74 Å². The van der Waals surface area contributed by atoms with Gasteiger partial charge in [-0.2, -0.15) is 0 Å². The normalized spacial score (nSPS) is 11.6. The third kappa shape index (κ3) is 4.98. The first kappa shape index (κ1) is 19.6. The number of hydrogen-bond donors (Lipinski definition) is 0. The molecule has 1 unspecified atom stereocenters. The zero-order chi connectivity index (χ0) is 19.9. The second-order valence-electron chi connectivity index (χ2n) is 6.12. The molecule has 0 amide bonds. The van der Waals surface area contributed by atoms with Crippen LogP contribution in [0.3, 0.4) is 0 Å². The third-order valence-corrected chi connectivity index (χ3v) is 5.55. The number of carbonyl (C=O) groups is 1. The van der Waals surface area contributed by atoms with Crippen molar-refractivity contribution >= 4 is 23.2 Å². The lowest BCUT2D eigenvalue weighted by molar-refractivity contribution is -0.384. The molecular weight excluding hydrogens is 374 g/mol. The number of thioether (sulfide) groups is 1. The highest BCUT2D eigenvalue weighted by Crippen LogP contribution is 2.39. The van der Waals surface area contributed by atoms with E-state index in [9.17, 15) is 14.9 Å². The second-order valence-corrected chi connectivity index (χ2v) is 7.40. The molecule has 0 aromatic heterocycles. The summed E-state index contributed by atoms with van der Waals surface area (Å²) >= 11 is 1.57. The molecule has 3 rings (SSSR count). The highest BCUT2D eigenvalue weighted by molar-refractivity contribution is 7.99. The molecule has 1 atom stereocenters. The zero-order valence-electron chi connectivity index (χ0n) is 15.3. The van der Waals surface area contributed by atoms with Crippen molar-refractivity contribution in [3.05, 3.63) is 100 Å². The van der Waals surface area contributed by atoms with E-state index in [0.29, 0.717) is 11.3 Å². The van der Waals surface area contributed by atoms with Crippen LogP contribution in [0.2, 0.25) is 0 Å². The van der Waals surface area contributed by atoms with Crippen molar-refractivity contribution < 1.29 is 14.5 Å². The topological polar surface area (TPSA) is 69.4 Å². The minimum Gasteiger partial charge on any atom is -0.497 e. The van der Waals surface area contributed by atoms with Gasteiger partial charge in [0.05, 0.1) is 12.0 Å². The minimum absolute atomic E-state index is 0.00874. The molecular formula is C22H19NO4S. The average molecular weight is 393 g/mol. The van der Waals surface area contributed by atoms with E-state index < -0.39 is 4.92 Å². The van der Waals surface area contributed by atoms with Crippen molar-refractivity contribution in [2.45, 2.75) is 16.6 Å². The summed E-state index contributed by atoms with van der Waals surface area (Å²) in [7, 11) is 1.58. The Morgan fingerprint density at radius 3 is 2.21 bits per heavy atom. The number of benzene rings is 3. The van der Waals surface area contributed by atoms with Gasteiger partial charge in [-0.3, -0.25) is 14.9 Å². The van der Waals surface area contributed by atoms with Crippen LogP contribution in [-0.2, 0) is 0 Å². The molecule has 0 aliphatic heterocycles. The number of carbonyl (C=O) groups excluding carboxylic acids is 1. The Bertz CT molecular complexity index is 941. The SMILES string of the molecule is COc1ccc(C(=O)CC(Sc2ccccc2)c2ccc([N+](=O)[O-])cc2)cc1. The van der Waals surface area contributed by atoms with E-state index >= 15 is 0 Å². The van der Waals surface area contributed by atoms with Crippen LogP contribution in [-0.4, -0.2) is 17.8 Å². The summed E-state index contributed by atoms with van der Waals surface area (Å²) in [6, 6.07) is 23.2. The number of ketones is 1. The number of Topliss-reactive ketones (excluding diaryl/α,β-unsaturated/α-hetero) is 1. The molecule has 0 heterocycles. The molecule has 0 N–H and O–H groups in total. The highest BCUT2D eigenvalue weighted by atomic mass is 32.2. The number of non-ortho nitro benzene ring substituents is 1. The van der Waals surface area contributed by atoms with Gasteiger partial charge in [0.25, 0.3) is 5.69 Å². The number of methoxy groups -OCH3 is 1. The number of ether oxygens (including phenoxy) is 1. The number of nitrogens with zero attached hydrogens (tertiary/aromatic N) is 1. The molecule has 3 aromatic carbocycles. The number of hydrogen-bond acceptors (Lipinski definition) is 5. The van der Waals surface area contributed by atoms with Gasteiger partial charge < -0.3 is 4.74 Å². The van der Waals surface area contributed by atoms with Crippen molar-refractivity contribution in [2.24, 2.45) is 0 Å². The fourth-order valence-corrected chi connectivity index (χ4v) is 3.94. The molecule has 0 fully saturated rings. The van der Waals surface area contributed by atoms with Crippen molar-refractivity contribution in [3.8, 4) is 5.75 Å². The van der Waals surface area contributed by atoms with Crippen LogP contribution in [0, 0.1) is 10.1 Å². The third-order valence-electron chi connectivity index (χ3n) is 4.28. The molecule has 0 bridgehead atoms. The van der Waals surface area contributed by atoms with Crippen LogP contribution in [0.4, 0.5) is 5.69 Å². The zero-order valence-corrected chi connectivity index (χ0v) is 16.1. The Balaban J connectivity index is 1.84. The number of nitro benzene ring substituents is 1. The molecule has 0 radical (unpaired) electrons. The fraction of sp³-hybridized carbons (Fsp3) is 0.136. The van der Waals surface area contributed by atoms with Gasteiger partial charge in [0, 0.05) is 34.3 Å². The molecule has 3 aromatic rings. The summed E-state index contributed by atoms with van der Waals surface area (Å²) < 4.78 is 5.14. The molecule has 5 nitrogen and oxygen atoms in total. The monoisotopic (exact) mass is 393 g/mol. The van der Waals surface area contributed by atoms with Crippen LogP contribution in [0.5, 0.6) is 5.75 Å². The summed E-state index contributed by atoms with van der Waals surface area (Å²) in [5.74, 6) is 0.705. The maximum Gasteiger partial charge on any atom is 0.269 e. The van der Waals surface area contributed by atoms with E-state index in [1.54, 1.807) is 55.3 Å². The Labute approximate surface area is 167 Å². The maximum absolute atomic E-state index is 12.8. The minimum atomic E-state index is -0.425. The van der Waals surface area contributed by atoms with Gasteiger partial charge in [-0.05, 0) is 42.0 Å². The van der Waals surface area contributed by atoms with Gasteiger partial charge in [0.2, 0.25) is 0 Å². The van der Waals surface area contributed by atoms with Crippen molar-refractivity contribution in [1.82, 2.24) is 0 Å². The summed E-state index contributed by atoms with van der Waals surface area (Å²) in [6.07, 6.45) is 0.281. The molecule has 6 heteroatoms.